The molecular formula is C12H16O2. The summed E-state index contributed by atoms with van der Waals surface area (Å²) in [6.45, 7) is 0. The van der Waals surface area contributed by atoms with Gasteiger partial charge in [-0.2, -0.15) is 0 Å². The molecule has 1 N–H and O–H groups in total. The van der Waals surface area contributed by atoms with Crippen molar-refractivity contribution in [2.24, 2.45) is 0 Å². The van der Waals surface area contributed by atoms with Crippen molar-refractivity contribution in [2.45, 2.75) is 31.3 Å². The topological polar surface area (TPSA) is 29.5 Å². The van der Waals surface area contributed by atoms with Crippen molar-refractivity contribution >= 4 is 0 Å². The number of hydrogen-bond donors (Lipinski definition) is 1. The highest BCUT2D eigenvalue weighted by Gasteiger charge is 2.26. The Kier molecular flexibility index (Phi) is 2.73. The molecule has 0 radical (unpaired) electrons. The molecule has 0 unspecified atom stereocenters. The van der Waals surface area contributed by atoms with E-state index < -0.39 is 0 Å². The van der Waals surface area contributed by atoms with Crippen LogP contribution in [0.25, 0.3) is 0 Å². The standard InChI is InChI=1S/C12H16O2/c1-14-10-7-5-9(6-8-10)11-3-2-4-12(11)13/h5-8,11-13H,2-4H2,1H3/t11-,12-/m1/s1. The van der Waals surface area contributed by atoms with E-state index in [1.54, 1.807) is 7.11 Å². The second kappa shape index (κ2) is 4.01. The van der Waals surface area contributed by atoms with Crippen molar-refractivity contribution in [1.29, 1.82) is 0 Å². The molecule has 2 heteroatoms. The third kappa shape index (κ3) is 1.75. The molecule has 76 valence electrons. The molecule has 0 amide bonds. The minimum atomic E-state index is -0.150. The minimum absolute atomic E-state index is 0.150. The lowest BCUT2D eigenvalue weighted by Crippen LogP contribution is -2.10. The quantitative estimate of drug-likeness (QED) is 0.779. The van der Waals surface area contributed by atoms with Gasteiger partial charge >= 0.3 is 0 Å². The summed E-state index contributed by atoms with van der Waals surface area (Å²) in [6, 6.07) is 8.02. The first-order valence-corrected chi connectivity index (χ1v) is 5.13. The monoisotopic (exact) mass is 192 g/mol. The van der Waals surface area contributed by atoms with Crippen molar-refractivity contribution in [1.82, 2.24) is 0 Å². The highest BCUT2D eigenvalue weighted by molar-refractivity contribution is 5.30. The summed E-state index contributed by atoms with van der Waals surface area (Å²) in [5.41, 5.74) is 1.23. The summed E-state index contributed by atoms with van der Waals surface area (Å²) in [7, 11) is 1.67. The Hall–Kier alpha value is -1.02. The Morgan fingerprint density at radius 2 is 1.93 bits per heavy atom. The predicted octanol–water partition coefficient (Wildman–Crippen LogP) is 2.32. The maximum Gasteiger partial charge on any atom is 0.118 e. The maximum absolute atomic E-state index is 9.74. The van der Waals surface area contributed by atoms with Crippen LogP contribution in [0.5, 0.6) is 5.75 Å². The second-order valence-corrected chi connectivity index (χ2v) is 3.88. The van der Waals surface area contributed by atoms with Crippen molar-refractivity contribution in [2.75, 3.05) is 7.11 Å². The zero-order valence-corrected chi connectivity index (χ0v) is 8.44. The van der Waals surface area contributed by atoms with Gasteiger partial charge in [-0.1, -0.05) is 18.6 Å². The lowest BCUT2D eigenvalue weighted by Gasteiger charge is -2.14. The Labute approximate surface area is 84.5 Å². The molecule has 0 aliphatic heterocycles. The van der Waals surface area contributed by atoms with Crippen LogP contribution in [0.3, 0.4) is 0 Å². The molecule has 1 aliphatic rings. The smallest absolute Gasteiger partial charge is 0.118 e. The Balaban J connectivity index is 2.16. The average Bonchev–Trinajstić information content (AvgIpc) is 2.65. The van der Waals surface area contributed by atoms with E-state index in [0.29, 0.717) is 5.92 Å². The Morgan fingerprint density at radius 1 is 1.21 bits per heavy atom. The molecule has 1 saturated carbocycles. The van der Waals surface area contributed by atoms with E-state index in [1.165, 1.54) is 5.56 Å². The first-order chi connectivity index (χ1) is 6.81. The molecule has 0 saturated heterocycles. The molecule has 14 heavy (non-hydrogen) atoms. The molecule has 1 aromatic carbocycles. The molecule has 1 aliphatic carbocycles. The Bertz CT molecular complexity index is 292. The maximum atomic E-state index is 9.74. The van der Waals surface area contributed by atoms with Gasteiger partial charge < -0.3 is 9.84 Å². The number of ether oxygens (including phenoxy) is 1. The van der Waals surface area contributed by atoms with Crippen LogP contribution < -0.4 is 4.74 Å². The molecular weight excluding hydrogens is 176 g/mol. The first kappa shape index (κ1) is 9.53. The van der Waals surface area contributed by atoms with Gasteiger partial charge in [0, 0.05) is 5.92 Å². The van der Waals surface area contributed by atoms with Crippen LogP contribution in [0.4, 0.5) is 0 Å². The van der Waals surface area contributed by atoms with Crippen LogP contribution in [0.2, 0.25) is 0 Å². The van der Waals surface area contributed by atoms with E-state index in [-0.39, 0.29) is 6.10 Å². The third-order valence-electron chi connectivity index (χ3n) is 3.02. The summed E-state index contributed by atoms with van der Waals surface area (Å²) in [6.07, 6.45) is 3.03. The highest BCUT2D eigenvalue weighted by atomic mass is 16.5. The molecule has 0 heterocycles. The van der Waals surface area contributed by atoms with Gasteiger partial charge in [-0.15, -0.1) is 0 Å². The Morgan fingerprint density at radius 3 is 2.43 bits per heavy atom. The predicted molar refractivity (Wildman–Crippen MR) is 55.6 cm³/mol. The fourth-order valence-electron chi connectivity index (χ4n) is 2.18. The number of benzene rings is 1. The molecule has 0 bridgehead atoms. The number of methoxy groups -OCH3 is 1. The third-order valence-corrected chi connectivity index (χ3v) is 3.02. The van der Waals surface area contributed by atoms with E-state index in [2.05, 4.69) is 12.1 Å². The van der Waals surface area contributed by atoms with Crippen molar-refractivity contribution in [3.8, 4) is 5.75 Å². The SMILES string of the molecule is COc1ccc([C@H]2CCC[C@H]2O)cc1. The van der Waals surface area contributed by atoms with E-state index in [4.69, 9.17) is 4.74 Å². The van der Waals surface area contributed by atoms with Crippen molar-refractivity contribution in [3.05, 3.63) is 29.8 Å². The van der Waals surface area contributed by atoms with Gasteiger partial charge in [-0.05, 0) is 30.5 Å². The van der Waals surface area contributed by atoms with Gasteiger partial charge in [-0.25, -0.2) is 0 Å². The van der Waals surface area contributed by atoms with Crippen LogP contribution in [0, 0.1) is 0 Å². The number of rotatable bonds is 2. The number of aliphatic hydroxyl groups is 1. The summed E-state index contributed by atoms with van der Waals surface area (Å²) in [5.74, 6) is 1.21. The normalized spacial score (nSPS) is 26.4. The second-order valence-electron chi connectivity index (χ2n) is 3.88. The van der Waals surface area contributed by atoms with Gasteiger partial charge in [0.25, 0.3) is 0 Å². The largest absolute Gasteiger partial charge is 0.497 e. The van der Waals surface area contributed by atoms with E-state index >= 15 is 0 Å². The van der Waals surface area contributed by atoms with Gasteiger partial charge in [0.15, 0.2) is 0 Å². The highest BCUT2D eigenvalue weighted by Crippen LogP contribution is 2.34. The first-order valence-electron chi connectivity index (χ1n) is 5.13. The van der Waals surface area contributed by atoms with Gasteiger partial charge in [0.2, 0.25) is 0 Å². The molecule has 0 spiro atoms. The van der Waals surface area contributed by atoms with Gasteiger partial charge in [-0.3, -0.25) is 0 Å². The molecule has 2 nitrogen and oxygen atoms in total. The molecule has 0 aromatic heterocycles. The van der Waals surface area contributed by atoms with Gasteiger partial charge in [0.05, 0.1) is 13.2 Å². The van der Waals surface area contributed by atoms with Crippen LogP contribution in [0.1, 0.15) is 30.7 Å². The summed E-state index contributed by atoms with van der Waals surface area (Å²) < 4.78 is 5.10. The lowest BCUT2D eigenvalue weighted by molar-refractivity contribution is 0.164. The molecule has 1 aromatic rings. The zero-order chi connectivity index (χ0) is 9.97. The summed E-state index contributed by atoms with van der Waals surface area (Å²) >= 11 is 0. The van der Waals surface area contributed by atoms with Crippen LogP contribution in [0.15, 0.2) is 24.3 Å². The van der Waals surface area contributed by atoms with Crippen molar-refractivity contribution in [3.63, 3.8) is 0 Å². The average molecular weight is 192 g/mol. The van der Waals surface area contributed by atoms with E-state index in [9.17, 15) is 5.11 Å². The summed E-state index contributed by atoms with van der Waals surface area (Å²) in [4.78, 5) is 0. The lowest BCUT2D eigenvalue weighted by atomic mass is 9.96. The summed E-state index contributed by atoms with van der Waals surface area (Å²) in [5, 5.41) is 9.74. The van der Waals surface area contributed by atoms with Crippen LogP contribution >= 0.6 is 0 Å². The number of hydrogen-bond acceptors (Lipinski definition) is 2. The number of aliphatic hydroxyl groups excluding tert-OH is 1. The fraction of sp³-hybridized carbons (Fsp3) is 0.500. The van der Waals surface area contributed by atoms with Crippen LogP contribution in [-0.2, 0) is 0 Å². The molecule has 2 atom stereocenters. The van der Waals surface area contributed by atoms with Gasteiger partial charge in [0.1, 0.15) is 5.75 Å². The van der Waals surface area contributed by atoms with Crippen LogP contribution in [-0.4, -0.2) is 18.3 Å². The van der Waals surface area contributed by atoms with E-state index in [1.807, 2.05) is 12.1 Å². The van der Waals surface area contributed by atoms with Crippen molar-refractivity contribution < 1.29 is 9.84 Å². The molecule has 1 fully saturated rings. The minimum Gasteiger partial charge on any atom is -0.497 e. The van der Waals surface area contributed by atoms with E-state index in [0.717, 1.165) is 25.0 Å². The molecule has 2 rings (SSSR count). The fourth-order valence-corrected chi connectivity index (χ4v) is 2.18. The zero-order valence-electron chi connectivity index (χ0n) is 8.44.